The fraction of sp³-hybridized carbons (Fsp3) is 0.364. The van der Waals surface area contributed by atoms with Crippen molar-refractivity contribution in [3.05, 3.63) is 279 Å². The number of benzene rings is 5. The number of nitrogens with one attached hydrogen (secondary N) is 1. The van der Waals surface area contributed by atoms with Crippen molar-refractivity contribution in [3.8, 4) is 0 Å². The van der Waals surface area contributed by atoms with E-state index >= 15 is 0 Å². The summed E-state index contributed by atoms with van der Waals surface area (Å²) in [7, 11) is 2.10. The average molecular weight is 1150 g/mol. The molecule has 0 fully saturated rings. The maximum atomic E-state index is 9.70. The Morgan fingerprint density at radius 1 is 0.321 bits per heavy atom. The topological polar surface area (TPSA) is 80.7 Å². The first kappa shape index (κ1) is 95.6. The van der Waals surface area contributed by atoms with E-state index < -0.39 is 0 Å². The normalized spacial score (nSPS) is 7.90. The van der Waals surface area contributed by atoms with Crippen LogP contribution in [0.3, 0.4) is 0 Å². The molecule has 9 rings (SSSR count). The number of halogens is 1. The first-order valence-corrected chi connectivity index (χ1v) is 29.4. The van der Waals surface area contributed by atoms with Crippen LogP contribution in [-0.4, -0.2) is 40.1 Å². The molecule has 0 atom stereocenters. The SMILES string of the molecule is C.CC.CC.CC.CC(C)C.CC(C)C.CC(C)C.CC(C)C.CF.CNC(C)=O.Cc1ccc2ccccc2c1.Cc1ccccc1.c1ccccc1.c1ccccc1.c1ccncc1.c1ccncc1.c1ccncc1.c1ccncc1. The summed E-state index contributed by atoms with van der Waals surface area (Å²) in [6.45, 7) is 43.7. The molecule has 84 heavy (non-hydrogen) atoms. The van der Waals surface area contributed by atoms with E-state index in [4.69, 9.17) is 0 Å². The fourth-order valence-electron chi connectivity index (χ4n) is 3.86. The van der Waals surface area contributed by atoms with Crippen LogP contribution in [0.2, 0.25) is 0 Å². The molecular formula is C77H122FN5O. The van der Waals surface area contributed by atoms with Gasteiger partial charge in [0.15, 0.2) is 0 Å². The zero-order valence-corrected chi connectivity index (χ0v) is 56.3. The maximum absolute atomic E-state index is 9.70. The highest BCUT2D eigenvalue weighted by molar-refractivity contribution is 5.82. The van der Waals surface area contributed by atoms with Crippen LogP contribution in [0.1, 0.15) is 150 Å². The highest BCUT2D eigenvalue weighted by Crippen LogP contribution is 2.14. The van der Waals surface area contributed by atoms with E-state index in [-0.39, 0.29) is 13.3 Å². The number of hydrogen-bond donors (Lipinski definition) is 1. The summed E-state index contributed by atoms with van der Waals surface area (Å²) in [5.41, 5.74) is 2.64. The zero-order valence-electron chi connectivity index (χ0n) is 56.3. The van der Waals surface area contributed by atoms with Gasteiger partial charge in [-0.05, 0) is 96.8 Å². The molecule has 0 bridgehead atoms. The highest BCUT2D eigenvalue weighted by atomic mass is 19.1. The Balaban J connectivity index is -0.000000104. The Morgan fingerprint density at radius 3 is 0.655 bits per heavy atom. The van der Waals surface area contributed by atoms with Gasteiger partial charge in [-0.1, -0.05) is 313 Å². The highest BCUT2D eigenvalue weighted by Gasteiger charge is 1.89. The van der Waals surface area contributed by atoms with Crippen molar-refractivity contribution in [1.82, 2.24) is 25.3 Å². The first-order chi connectivity index (χ1) is 40.0. The molecule has 1 N–H and O–H groups in total. The fourth-order valence-corrected chi connectivity index (χ4v) is 3.86. The van der Waals surface area contributed by atoms with E-state index in [9.17, 15) is 9.18 Å². The number of carbonyl (C=O) groups excluding carboxylic acids is 1. The van der Waals surface area contributed by atoms with Gasteiger partial charge in [-0.25, -0.2) is 0 Å². The van der Waals surface area contributed by atoms with E-state index in [0.29, 0.717) is 7.18 Å². The van der Waals surface area contributed by atoms with Crippen LogP contribution in [0.25, 0.3) is 10.8 Å². The molecule has 4 heterocycles. The second kappa shape index (κ2) is 89.2. The van der Waals surface area contributed by atoms with E-state index in [1.165, 1.54) is 28.8 Å². The molecule has 5 aromatic carbocycles. The lowest BCUT2D eigenvalue weighted by Crippen LogP contribution is -2.11. The summed E-state index contributed by atoms with van der Waals surface area (Å²) in [6, 6.07) is 72.0. The lowest BCUT2D eigenvalue weighted by atomic mass is 10.1. The van der Waals surface area contributed by atoms with Gasteiger partial charge in [-0.15, -0.1) is 0 Å². The number of hydrogen-bond acceptors (Lipinski definition) is 5. The summed E-state index contributed by atoms with van der Waals surface area (Å²) in [6.07, 6.45) is 14.0. The van der Waals surface area contributed by atoms with Gasteiger partial charge >= 0.3 is 0 Å². The van der Waals surface area contributed by atoms with Crippen molar-refractivity contribution in [1.29, 1.82) is 0 Å². The lowest BCUT2D eigenvalue weighted by Gasteiger charge is -1.96. The monoisotopic (exact) mass is 1150 g/mol. The third-order valence-corrected chi connectivity index (χ3v) is 6.80. The summed E-state index contributed by atoms with van der Waals surface area (Å²) in [5.74, 6) is 3.34. The molecule has 6 nitrogen and oxygen atoms in total. The van der Waals surface area contributed by atoms with Gasteiger partial charge in [0.25, 0.3) is 0 Å². The molecule has 1 amide bonds. The minimum absolute atomic E-state index is 0. The van der Waals surface area contributed by atoms with Crippen LogP contribution in [0.5, 0.6) is 0 Å². The van der Waals surface area contributed by atoms with Crippen molar-refractivity contribution in [2.75, 3.05) is 14.2 Å². The van der Waals surface area contributed by atoms with Crippen LogP contribution < -0.4 is 5.32 Å². The Hall–Kier alpha value is -7.64. The summed E-state index contributed by atoms with van der Waals surface area (Å²) >= 11 is 0. The minimum Gasteiger partial charge on any atom is -0.359 e. The largest absolute Gasteiger partial charge is 0.359 e. The van der Waals surface area contributed by atoms with Gasteiger partial charge in [0, 0.05) is 63.5 Å². The minimum atomic E-state index is 0. The number of fused-ring (bicyclic) bond motifs is 1. The van der Waals surface area contributed by atoms with Gasteiger partial charge in [0.05, 0.1) is 7.18 Å². The zero-order chi connectivity index (χ0) is 64.8. The van der Waals surface area contributed by atoms with Crippen LogP contribution in [0.15, 0.2) is 268 Å². The summed E-state index contributed by atoms with van der Waals surface area (Å²) in [4.78, 5) is 24.8. The number of carbonyl (C=O) groups is 1. The predicted molar refractivity (Wildman–Crippen MR) is 379 cm³/mol. The Morgan fingerprint density at radius 2 is 0.500 bits per heavy atom. The molecule has 4 aromatic heterocycles. The van der Waals surface area contributed by atoms with Crippen LogP contribution in [0, 0.1) is 37.5 Å². The second-order valence-corrected chi connectivity index (χ2v) is 18.6. The molecule has 0 aliphatic heterocycles. The molecule has 0 aliphatic rings. The summed E-state index contributed by atoms with van der Waals surface area (Å²) < 4.78 is 9.50. The number of aromatic nitrogens is 4. The standard InChI is InChI=1S/C11H10.C7H8.2C6H6.4C5H5N.4C4H10.C3H7NO.3C2H6.CH3F.CH4/c1-9-6-7-10-4-2-3-5-11(10)8-9;1-7-5-3-2-4-6-7;6*1-2-4-6-5-3-1;4*1-4(2)3;1-3(5)4-2;4*1-2;/h2-8H,1H3;2-6H,1H3;2*1-6H;4*1-5H;4*4H,1-3H3;1-2H3,(H,4,5);3*1-2H3;1H3;1H4. The first-order valence-electron chi connectivity index (χ1n) is 29.4. The number of alkyl halides is 1. The van der Waals surface area contributed by atoms with Crippen molar-refractivity contribution >= 4 is 16.7 Å². The van der Waals surface area contributed by atoms with Crippen LogP contribution >= 0.6 is 0 Å². The number of nitrogens with zero attached hydrogens (tertiary/aromatic N) is 4. The molecule has 0 saturated carbocycles. The average Bonchev–Trinajstić information content (AvgIpc) is 3.54. The number of aryl methyl sites for hydroxylation is 2. The van der Waals surface area contributed by atoms with Crippen molar-refractivity contribution < 1.29 is 9.18 Å². The molecule has 0 saturated heterocycles. The van der Waals surface area contributed by atoms with E-state index in [1.807, 2.05) is 205 Å². The Labute approximate surface area is 518 Å². The number of rotatable bonds is 0. The number of amides is 1. The molecule has 0 spiro atoms. The molecule has 9 aromatic rings. The van der Waals surface area contributed by atoms with E-state index in [0.717, 1.165) is 23.7 Å². The van der Waals surface area contributed by atoms with Gasteiger partial charge in [-0.3, -0.25) is 29.1 Å². The second-order valence-electron chi connectivity index (χ2n) is 18.6. The third-order valence-electron chi connectivity index (χ3n) is 6.80. The smallest absolute Gasteiger partial charge is 0.216 e. The van der Waals surface area contributed by atoms with Crippen molar-refractivity contribution in [2.24, 2.45) is 23.7 Å². The van der Waals surface area contributed by atoms with Gasteiger partial charge < -0.3 is 5.32 Å². The molecule has 0 aliphatic carbocycles. The van der Waals surface area contributed by atoms with E-state index in [1.54, 1.807) is 56.6 Å². The quantitative estimate of drug-likeness (QED) is 0.164. The van der Waals surface area contributed by atoms with Crippen molar-refractivity contribution in [3.63, 3.8) is 0 Å². The maximum Gasteiger partial charge on any atom is 0.216 e. The van der Waals surface area contributed by atoms with Gasteiger partial charge in [-0.2, -0.15) is 0 Å². The third kappa shape index (κ3) is 117. The van der Waals surface area contributed by atoms with Crippen LogP contribution in [0.4, 0.5) is 4.39 Å². The molecule has 468 valence electrons. The molecule has 7 heteroatoms. The Kier molecular flexibility index (Phi) is 101. The van der Waals surface area contributed by atoms with E-state index in [2.05, 4.69) is 177 Å². The van der Waals surface area contributed by atoms with Gasteiger partial charge in [0.2, 0.25) is 5.91 Å². The lowest BCUT2D eigenvalue weighted by molar-refractivity contribution is -0.118. The van der Waals surface area contributed by atoms with Crippen molar-refractivity contribution in [2.45, 2.75) is 153 Å². The Bertz CT molecular complexity index is 1900. The van der Waals surface area contributed by atoms with Gasteiger partial charge in [0.1, 0.15) is 0 Å². The summed E-state index contributed by atoms with van der Waals surface area (Å²) in [5, 5.41) is 5.03. The molecule has 0 unspecified atom stereocenters. The van der Waals surface area contributed by atoms with Crippen LogP contribution in [-0.2, 0) is 4.79 Å². The predicted octanol–water partition coefficient (Wildman–Crippen LogP) is 23.5. The molecule has 0 radical (unpaired) electrons. The molecular weight excluding hydrogens is 1030 g/mol. The number of pyridine rings is 4.